The number of nitrogens with zero attached hydrogens (tertiary/aromatic N) is 1. The van der Waals surface area contributed by atoms with E-state index in [2.05, 4.69) is 28.7 Å². The van der Waals surface area contributed by atoms with Crippen molar-refractivity contribution in [1.82, 2.24) is 4.72 Å². The molecule has 11 heteroatoms. The van der Waals surface area contributed by atoms with Gasteiger partial charge >= 0.3 is 0 Å². The molecular formula is C36H49ClN2O7S. The van der Waals surface area contributed by atoms with Crippen molar-refractivity contribution < 1.29 is 32.2 Å². The van der Waals surface area contributed by atoms with Crippen molar-refractivity contribution in [3.8, 4) is 5.75 Å². The Balaban J connectivity index is 1.41. The number of rotatable bonds is 1. The fraction of sp³-hybridized carbons (Fsp3) is 0.667. The Morgan fingerprint density at radius 3 is 2.68 bits per heavy atom. The fourth-order valence-corrected chi connectivity index (χ4v) is 9.90. The normalized spacial score (nSPS) is 37.9. The van der Waals surface area contributed by atoms with Crippen LogP contribution in [0.15, 0.2) is 41.5 Å². The van der Waals surface area contributed by atoms with E-state index in [1.807, 2.05) is 13.0 Å². The third kappa shape index (κ3) is 6.90. The number of fused-ring (bicyclic) bond motifs is 4. The minimum Gasteiger partial charge on any atom is -0.490 e. The first-order valence-corrected chi connectivity index (χ1v) is 19.2. The highest BCUT2D eigenvalue weighted by Crippen LogP contribution is 2.50. The van der Waals surface area contributed by atoms with Crippen molar-refractivity contribution in [2.75, 3.05) is 37.8 Å². The van der Waals surface area contributed by atoms with E-state index >= 15 is 0 Å². The number of ether oxygens (including phenoxy) is 3. The second-order valence-electron chi connectivity index (χ2n) is 14.6. The number of allylic oxidation sites excluding steroid dienone is 3. The molecule has 0 aromatic heterocycles. The van der Waals surface area contributed by atoms with Crippen LogP contribution < -0.4 is 14.4 Å². The van der Waals surface area contributed by atoms with Gasteiger partial charge in [0.25, 0.3) is 5.91 Å². The zero-order valence-electron chi connectivity index (χ0n) is 27.8. The number of nitrogens with one attached hydrogen (secondary N) is 1. The zero-order valence-corrected chi connectivity index (χ0v) is 29.4. The quantitative estimate of drug-likeness (QED) is 0.357. The van der Waals surface area contributed by atoms with Gasteiger partial charge in [-0.25, -0.2) is 13.1 Å². The van der Waals surface area contributed by atoms with Gasteiger partial charge in [-0.2, -0.15) is 0 Å². The number of halogens is 1. The maximum absolute atomic E-state index is 13.5. The molecule has 1 saturated heterocycles. The molecule has 8 atom stereocenters. The van der Waals surface area contributed by atoms with Crippen LogP contribution in [0.5, 0.6) is 5.75 Å². The number of benzene rings is 1. The third-order valence-electron chi connectivity index (χ3n) is 11.7. The van der Waals surface area contributed by atoms with Gasteiger partial charge in [0.2, 0.25) is 10.0 Å². The summed E-state index contributed by atoms with van der Waals surface area (Å²) in [6, 6.07) is 5.23. The van der Waals surface area contributed by atoms with Crippen molar-refractivity contribution in [1.29, 1.82) is 0 Å². The van der Waals surface area contributed by atoms with Crippen LogP contribution in [0.2, 0.25) is 0 Å². The van der Waals surface area contributed by atoms with E-state index in [1.54, 1.807) is 25.1 Å². The maximum atomic E-state index is 13.5. The summed E-state index contributed by atoms with van der Waals surface area (Å²) in [5.74, 6) is 0.361. The molecule has 1 aromatic rings. The van der Waals surface area contributed by atoms with Crippen LogP contribution in [0.4, 0.5) is 5.69 Å². The number of sulfonamides is 1. The predicted octanol–water partition coefficient (Wildman–Crippen LogP) is 6.02. The minimum atomic E-state index is -3.96. The number of aldehydes is 1. The summed E-state index contributed by atoms with van der Waals surface area (Å²) in [4.78, 5) is 28.3. The monoisotopic (exact) mass is 688 g/mol. The molecular weight excluding hydrogens is 640 g/mol. The van der Waals surface area contributed by atoms with Gasteiger partial charge in [-0.05, 0) is 93.4 Å². The molecule has 1 aromatic carbocycles. The summed E-state index contributed by atoms with van der Waals surface area (Å²) in [6.45, 7) is 8.40. The summed E-state index contributed by atoms with van der Waals surface area (Å²) >= 11 is 6.44. The van der Waals surface area contributed by atoms with E-state index in [0.717, 1.165) is 55.7 Å². The Kier molecular flexibility index (Phi) is 10.2. The Morgan fingerprint density at radius 2 is 1.91 bits per heavy atom. The Bertz CT molecular complexity index is 1510. The molecule has 47 heavy (non-hydrogen) atoms. The molecule has 2 fully saturated rings. The van der Waals surface area contributed by atoms with E-state index in [1.165, 1.54) is 0 Å². The molecule has 3 heterocycles. The summed E-state index contributed by atoms with van der Waals surface area (Å²) in [7, 11) is -3.96. The number of hydrogen-bond acceptors (Lipinski definition) is 8. The summed E-state index contributed by atoms with van der Waals surface area (Å²) in [5.41, 5.74) is 0.0224. The first-order valence-electron chi connectivity index (χ1n) is 17.3. The smallest absolute Gasteiger partial charge is 0.264 e. The molecule has 2 bridgehead atoms. The second kappa shape index (κ2) is 13.8. The lowest BCUT2D eigenvalue weighted by atomic mass is 9.61. The van der Waals surface area contributed by atoms with Crippen LogP contribution in [0.1, 0.15) is 82.5 Å². The highest BCUT2D eigenvalue weighted by atomic mass is 35.5. The Labute approximate surface area is 284 Å². The van der Waals surface area contributed by atoms with Gasteiger partial charge in [0.05, 0.1) is 30.8 Å². The molecule has 1 saturated carbocycles. The van der Waals surface area contributed by atoms with Crippen LogP contribution in [-0.2, 0) is 24.3 Å². The molecule has 1 spiro atoms. The van der Waals surface area contributed by atoms with Gasteiger partial charge in [0.15, 0.2) is 6.29 Å². The molecule has 2 aliphatic carbocycles. The van der Waals surface area contributed by atoms with Crippen molar-refractivity contribution in [3.05, 3.63) is 47.0 Å². The second-order valence-corrected chi connectivity index (χ2v) is 17.1. The standard InChI is InChI=1S/C36H49ClN2O7S/c1-24-7-6-14-36(33(22-40)44-17-18-46-36)30-11-9-27(30)21-39-16-5-4-8-28-20-29(37)13-15-35(28,3)23-45-32-12-10-26(19-31(32)39)34(41)38-47(42,43)25(24)2/h10,12-13,15,19-20,22,24-25,27-28,30,33H,4-9,11,14,16-18,21,23H2,1-3H3,(H,38,41)/t24-,25+,27-,28?,30+,33-,35?,36+/m0/s1. The molecule has 2 unspecified atom stereocenters. The number of hydrogen-bond donors (Lipinski definition) is 1. The minimum absolute atomic E-state index is 0.107. The number of amides is 1. The highest BCUT2D eigenvalue weighted by molar-refractivity contribution is 7.90. The van der Waals surface area contributed by atoms with Gasteiger partial charge < -0.3 is 23.9 Å². The van der Waals surface area contributed by atoms with Crippen LogP contribution in [0, 0.1) is 29.1 Å². The van der Waals surface area contributed by atoms with E-state index in [4.69, 9.17) is 25.8 Å². The predicted molar refractivity (Wildman–Crippen MR) is 182 cm³/mol. The molecule has 1 amide bonds. The fourth-order valence-electron chi connectivity index (χ4n) is 8.38. The maximum Gasteiger partial charge on any atom is 0.264 e. The van der Waals surface area contributed by atoms with Crippen molar-refractivity contribution in [2.45, 2.75) is 89.1 Å². The highest BCUT2D eigenvalue weighted by Gasteiger charge is 2.55. The van der Waals surface area contributed by atoms with Crippen LogP contribution >= 0.6 is 11.6 Å². The number of carbonyl (C=O) groups excluding carboxylic acids is 2. The molecule has 258 valence electrons. The largest absolute Gasteiger partial charge is 0.490 e. The van der Waals surface area contributed by atoms with Gasteiger partial charge in [-0.15, -0.1) is 0 Å². The lowest BCUT2D eigenvalue weighted by Gasteiger charge is -2.54. The van der Waals surface area contributed by atoms with E-state index < -0.39 is 32.9 Å². The number of carbonyl (C=O) groups is 2. The Hall–Kier alpha value is -2.40. The Morgan fingerprint density at radius 1 is 1.09 bits per heavy atom. The number of anilines is 1. The van der Waals surface area contributed by atoms with Crippen molar-refractivity contribution >= 4 is 39.5 Å². The lowest BCUT2D eigenvalue weighted by molar-refractivity contribution is -0.240. The van der Waals surface area contributed by atoms with E-state index in [-0.39, 0.29) is 34.7 Å². The van der Waals surface area contributed by atoms with Gasteiger partial charge in [-0.1, -0.05) is 50.4 Å². The van der Waals surface area contributed by atoms with E-state index in [9.17, 15) is 18.0 Å². The van der Waals surface area contributed by atoms with Crippen LogP contribution in [-0.4, -0.2) is 70.5 Å². The molecule has 6 rings (SSSR count). The van der Waals surface area contributed by atoms with Gasteiger partial charge in [0.1, 0.15) is 17.5 Å². The average Bonchev–Trinajstić information content (AvgIpc) is 3.05. The lowest BCUT2D eigenvalue weighted by Crippen LogP contribution is -2.62. The molecule has 1 N–H and O–H groups in total. The van der Waals surface area contributed by atoms with E-state index in [0.29, 0.717) is 51.4 Å². The summed E-state index contributed by atoms with van der Waals surface area (Å²) < 4.78 is 48.5. The molecule has 5 aliphatic rings. The first-order chi connectivity index (χ1) is 22.5. The van der Waals surface area contributed by atoms with Crippen LogP contribution in [0.3, 0.4) is 0 Å². The third-order valence-corrected chi connectivity index (χ3v) is 13.9. The van der Waals surface area contributed by atoms with Crippen molar-refractivity contribution in [2.24, 2.45) is 29.1 Å². The molecule has 3 aliphatic heterocycles. The molecule has 0 radical (unpaired) electrons. The molecule has 9 nitrogen and oxygen atoms in total. The average molecular weight is 689 g/mol. The van der Waals surface area contributed by atoms with Gasteiger partial charge in [-0.3, -0.25) is 4.79 Å². The van der Waals surface area contributed by atoms with Crippen molar-refractivity contribution in [3.63, 3.8) is 0 Å². The topological polar surface area (TPSA) is 111 Å². The zero-order chi connectivity index (χ0) is 33.4. The van der Waals surface area contributed by atoms with Crippen LogP contribution in [0.25, 0.3) is 0 Å². The summed E-state index contributed by atoms with van der Waals surface area (Å²) in [6.07, 6.45) is 13.1. The van der Waals surface area contributed by atoms with Gasteiger partial charge in [0, 0.05) is 29.1 Å². The summed E-state index contributed by atoms with van der Waals surface area (Å²) in [5, 5.41) is -0.0488. The SMILES string of the molecule is C[C@@H]1[C@@H](C)CCC[C@@]2(OCCO[C@H]2C=O)[C@@H]2CC[C@H]2CN2CCCCC3C=C(Cl)C=CC3(C)COc3ccc(cc32)C(=O)NS1(=O)=O. The first kappa shape index (κ1) is 34.5.